The summed E-state index contributed by atoms with van der Waals surface area (Å²) in [5.74, 6) is -0.515. The number of aromatic nitrogens is 1. The van der Waals surface area contributed by atoms with Gasteiger partial charge in [-0.3, -0.25) is 0 Å². The van der Waals surface area contributed by atoms with E-state index in [-0.39, 0.29) is 11.1 Å². The van der Waals surface area contributed by atoms with Gasteiger partial charge in [-0.15, -0.1) is 0 Å². The molecule has 0 aliphatic heterocycles. The highest BCUT2D eigenvalue weighted by atomic mass is 16.5. The molecule has 1 fully saturated rings. The van der Waals surface area contributed by atoms with Gasteiger partial charge in [0.05, 0.1) is 18.9 Å². The molecule has 0 amide bonds. The number of hydrogen-bond acceptors (Lipinski definition) is 4. The Hall–Kier alpha value is -2.09. The van der Waals surface area contributed by atoms with Crippen molar-refractivity contribution >= 4 is 5.97 Å². The lowest BCUT2D eigenvalue weighted by atomic mass is 10.1. The minimum Gasteiger partial charge on any atom is -0.491 e. The average Bonchev–Trinajstić information content (AvgIpc) is 3.08. The first-order valence-electron chi connectivity index (χ1n) is 5.34. The van der Waals surface area contributed by atoms with Crippen molar-refractivity contribution in [3.8, 4) is 11.8 Å². The molecule has 1 aliphatic rings. The molecule has 17 heavy (non-hydrogen) atoms. The molecule has 1 saturated carbocycles. The Balaban J connectivity index is 1.92. The molecular weight excluding hydrogens is 220 g/mol. The van der Waals surface area contributed by atoms with E-state index in [1.54, 1.807) is 6.07 Å². The van der Waals surface area contributed by atoms with E-state index >= 15 is 0 Å². The lowest BCUT2D eigenvalue weighted by Gasteiger charge is -2.12. The molecule has 0 spiro atoms. The minimum absolute atomic E-state index is 0.00416. The molecule has 0 saturated heterocycles. The molecule has 0 atom stereocenters. The number of pyridine rings is 1. The number of carboxylic acids is 1. The van der Waals surface area contributed by atoms with Crippen LogP contribution >= 0.6 is 0 Å². The largest absolute Gasteiger partial charge is 0.491 e. The van der Waals surface area contributed by atoms with Crippen molar-refractivity contribution in [2.24, 2.45) is 5.41 Å². The van der Waals surface area contributed by atoms with Gasteiger partial charge in [0, 0.05) is 11.8 Å². The molecule has 0 bridgehead atoms. The zero-order valence-electron chi connectivity index (χ0n) is 9.22. The molecular formula is C12H12N2O3. The number of aromatic carboxylic acids is 1. The number of carboxylic acid groups (broad SMARTS) is 1. The Kier molecular flexibility index (Phi) is 2.96. The third kappa shape index (κ3) is 2.72. The van der Waals surface area contributed by atoms with E-state index in [1.165, 1.54) is 12.3 Å². The molecule has 1 heterocycles. The second-order valence-corrected chi connectivity index (χ2v) is 4.31. The van der Waals surface area contributed by atoms with Crippen molar-refractivity contribution < 1.29 is 14.6 Å². The van der Waals surface area contributed by atoms with E-state index in [4.69, 9.17) is 15.1 Å². The van der Waals surface area contributed by atoms with Gasteiger partial charge in [0.2, 0.25) is 0 Å². The summed E-state index contributed by atoms with van der Waals surface area (Å²) in [6.45, 7) is 0.495. The fourth-order valence-corrected chi connectivity index (χ4v) is 1.55. The van der Waals surface area contributed by atoms with Crippen LogP contribution in [0.1, 0.15) is 29.8 Å². The Morgan fingerprint density at radius 3 is 2.82 bits per heavy atom. The smallest absolute Gasteiger partial charge is 0.354 e. The van der Waals surface area contributed by atoms with Gasteiger partial charge in [-0.25, -0.2) is 9.78 Å². The highest BCUT2D eigenvalue weighted by Crippen LogP contribution is 2.48. The molecule has 1 aromatic rings. The molecule has 5 nitrogen and oxygen atoms in total. The molecule has 0 radical (unpaired) electrons. The summed E-state index contributed by atoms with van der Waals surface area (Å²) < 4.78 is 5.51. The SMILES string of the molecule is N#CCC1(COc2ccc(C(=O)O)nc2)CC1. The second-order valence-electron chi connectivity index (χ2n) is 4.31. The van der Waals surface area contributed by atoms with Crippen LogP contribution in [0.2, 0.25) is 0 Å². The van der Waals surface area contributed by atoms with Crippen molar-refractivity contribution in [3.05, 3.63) is 24.0 Å². The zero-order chi connectivity index (χ0) is 12.3. The monoisotopic (exact) mass is 232 g/mol. The molecule has 2 rings (SSSR count). The summed E-state index contributed by atoms with van der Waals surface area (Å²) in [4.78, 5) is 14.3. The van der Waals surface area contributed by atoms with Crippen LogP contribution in [-0.4, -0.2) is 22.7 Å². The predicted octanol–water partition coefficient (Wildman–Crippen LogP) is 1.85. The predicted molar refractivity (Wildman–Crippen MR) is 58.6 cm³/mol. The van der Waals surface area contributed by atoms with Crippen molar-refractivity contribution in [3.63, 3.8) is 0 Å². The van der Waals surface area contributed by atoms with E-state index in [0.29, 0.717) is 18.8 Å². The number of nitriles is 1. The summed E-state index contributed by atoms with van der Waals surface area (Å²) in [6.07, 6.45) is 3.93. The van der Waals surface area contributed by atoms with E-state index in [1.807, 2.05) is 0 Å². The third-order valence-electron chi connectivity index (χ3n) is 2.91. The minimum atomic E-state index is -1.06. The standard InChI is InChI=1S/C12H12N2O3/c13-6-5-12(3-4-12)8-17-9-1-2-10(11(15)16)14-7-9/h1-2,7H,3-5,8H2,(H,15,16). The van der Waals surface area contributed by atoms with E-state index in [2.05, 4.69) is 11.1 Å². The van der Waals surface area contributed by atoms with Gasteiger partial charge in [-0.05, 0) is 25.0 Å². The third-order valence-corrected chi connectivity index (χ3v) is 2.91. The van der Waals surface area contributed by atoms with Gasteiger partial charge in [-0.1, -0.05) is 0 Å². The molecule has 1 aromatic heterocycles. The molecule has 88 valence electrons. The Morgan fingerprint density at radius 1 is 1.59 bits per heavy atom. The summed E-state index contributed by atoms with van der Waals surface area (Å²) >= 11 is 0. The van der Waals surface area contributed by atoms with Crippen molar-refractivity contribution in [2.45, 2.75) is 19.3 Å². The van der Waals surface area contributed by atoms with Crippen LogP contribution in [0.25, 0.3) is 0 Å². The van der Waals surface area contributed by atoms with Crippen molar-refractivity contribution in [1.82, 2.24) is 4.98 Å². The van der Waals surface area contributed by atoms with Crippen LogP contribution < -0.4 is 4.74 Å². The first-order chi connectivity index (χ1) is 8.15. The molecule has 0 unspecified atom stereocenters. The number of nitrogens with zero attached hydrogens (tertiary/aromatic N) is 2. The number of hydrogen-bond donors (Lipinski definition) is 1. The molecule has 1 aliphatic carbocycles. The van der Waals surface area contributed by atoms with E-state index in [0.717, 1.165) is 12.8 Å². The van der Waals surface area contributed by atoms with Crippen LogP contribution in [0.3, 0.4) is 0 Å². The highest BCUT2D eigenvalue weighted by Gasteiger charge is 2.43. The number of ether oxygens (including phenoxy) is 1. The Labute approximate surface area is 98.7 Å². The van der Waals surface area contributed by atoms with Crippen molar-refractivity contribution in [1.29, 1.82) is 5.26 Å². The fourth-order valence-electron chi connectivity index (χ4n) is 1.55. The summed E-state index contributed by atoms with van der Waals surface area (Å²) in [6, 6.07) is 5.14. The van der Waals surface area contributed by atoms with Gasteiger partial charge in [0.1, 0.15) is 11.4 Å². The maximum absolute atomic E-state index is 10.6. The van der Waals surface area contributed by atoms with Crippen LogP contribution in [0.5, 0.6) is 5.75 Å². The van der Waals surface area contributed by atoms with Gasteiger partial charge in [0.25, 0.3) is 0 Å². The molecule has 5 heteroatoms. The van der Waals surface area contributed by atoms with Crippen LogP contribution in [-0.2, 0) is 0 Å². The van der Waals surface area contributed by atoms with Gasteiger partial charge < -0.3 is 9.84 Å². The fraction of sp³-hybridized carbons (Fsp3) is 0.417. The quantitative estimate of drug-likeness (QED) is 0.837. The van der Waals surface area contributed by atoms with Crippen molar-refractivity contribution in [2.75, 3.05) is 6.61 Å². The van der Waals surface area contributed by atoms with Gasteiger partial charge in [-0.2, -0.15) is 5.26 Å². The van der Waals surface area contributed by atoms with Crippen LogP contribution in [0, 0.1) is 16.7 Å². The topological polar surface area (TPSA) is 83.2 Å². The first kappa shape index (κ1) is 11.4. The second kappa shape index (κ2) is 4.42. The highest BCUT2D eigenvalue weighted by molar-refractivity contribution is 5.85. The number of rotatable bonds is 5. The van der Waals surface area contributed by atoms with E-state index in [9.17, 15) is 4.79 Å². The summed E-state index contributed by atoms with van der Waals surface area (Å²) in [7, 11) is 0. The van der Waals surface area contributed by atoms with Gasteiger partial charge in [0.15, 0.2) is 0 Å². The zero-order valence-corrected chi connectivity index (χ0v) is 9.22. The van der Waals surface area contributed by atoms with Crippen LogP contribution in [0.4, 0.5) is 0 Å². The lowest BCUT2D eigenvalue weighted by Crippen LogP contribution is -2.12. The normalized spacial score (nSPS) is 15.9. The molecule has 0 aromatic carbocycles. The summed E-state index contributed by atoms with van der Waals surface area (Å²) in [5, 5.41) is 17.3. The number of carbonyl (C=O) groups is 1. The Bertz CT molecular complexity index is 458. The maximum atomic E-state index is 10.6. The molecule has 1 N–H and O–H groups in total. The van der Waals surface area contributed by atoms with Gasteiger partial charge >= 0.3 is 5.97 Å². The Morgan fingerprint density at radius 2 is 2.35 bits per heavy atom. The average molecular weight is 232 g/mol. The maximum Gasteiger partial charge on any atom is 0.354 e. The first-order valence-corrected chi connectivity index (χ1v) is 5.34. The van der Waals surface area contributed by atoms with Crippen LogP contribution in [0.15, 0.2) is 18.3 Å². The van der Waals surface area contributed by atoms with E-state index < -0.39 is 5.97 Å². The summed E-state index contributed by atoms with van der Waals surface area (Å²) in [5.41, 5.74) is 0.00995. The lowest BCUT2D eigenvalue weighted by molar-refractivity contribution is 0.0690.